The first kappa shape index (κ1) is 17.8. The number of Topliss-reactive ketones (excluding diaryl/α,β-unsaturated/α-hetero) is 1. The third kappa shape index (κ3) is 3.25. The smallest absolute Gasteiger partial charge is 0.330 e. The van der Waals surface area contributed by atoms with Crippen LogP contribution in [0.25, 0.3) is 0 Å². The van der Waals surface area contributed by atoms with Crippen LogP contribution in [0.2, 0.25) is 0 Å². The Morgan fingerprint density at radius 2 is 2.16 bits per heavy atom. The first-order valence-electron chi connectivity index (χ1n) is 8.16. The molecular weight excluding hydrogens is 342 g/mol. The number of hydrogen-bond donors (Lipinski definition) is 0. The number of ketones is 1. The molecule has 2 saturated heterocycles. The lowest BCUT2D eigenvalue weighted by Gasteiger charge is -2.29. The summed E-state index contributed by atoms with van der Waals surface area (Å²) in [6.07, 6.45) is 1.23. The van der Waals surface area contributed by atoms with E-state index in [1.807, 2.05) is 6.92 Å². The Morgan fingerprint density at radius 3 is 2.84 bits per heavy atom. The van der Waals surface area contributed by atoms with Crippen LogP contribution in [0, 0.1) is 0 Å². The van der Waals surface area contributed by atoms with E-state index in [0.29, 0.717) is 29.1 Å². The number of methoxy groups -OCH3 is 1. The number of carbonyl (C=O) groups excluding carboxylic acids is 3. The molecule has 7 heteroatoms. The van der Waals surface area contributed by atoms with Crippen molar-refractivity contribution in [3.05, 3.63) is 29.3 Å². The highest BCUT2D eigenvalue weighted by atomic mass is 32.2. The highest BCUT2D eigenvalue weighted by Crippen LogP contribution is 2.47. The molecule has 134 valence electrons. The zero-order chi connectivity index (χ0) is 18.2. The maximum atomic E-state index is 12.5. The molecule has 2 fully saturated rings. The van der Waals surface area contributed by atoms with Crippen molar-refractivity contribution in [1.82, 2.24) is 4.90 Å². The van der Waals surface area contributed by atoms with Gasteiger partial charge in [-0.05, 0) is 38.5 Å². The van der Waals surface area contributed by atoms with E-state index in [-0.39, 0.29) is 23.2 Å². The van der Waals surface area contributed by atoms with Crippen molar-refractivity contribution in [3.8, 4) is 5.75 Å². The standard InChI is InChI=1S/C18H21NO5S/c1-11(20)12-4-5-15(23-3)13(8-12)9-24-17(22)14-10-25-18(2)7-6-16(21)19(14)18/h4-5,8,14H,6-7,9-10H2,1-3H3/t14-,18+/m0/s1. The molecule has 1 amide bonds. The molecule has 0 radical (unpaired) electrons. The molecule has 0 saturated carbocycles. The lowest BCUT2D eigenvalue weighted by Crippen LogP contribution is -2.46. The van der Waals surface area contributed by atoms with Gasteiger partial charge < -0.3 is 14.4 Å². The summed E-state index contributed by atoms with van der Waals surface area (Å²) in [5.74, 6) is 0.625. The Kier molecular flexibility index (Phi) is 4.77. The van der Waals surface area contributed by atoms with Gasteiger partial charge in [-0.2, -0.15) is 0 Å². The lowest BCUT2D eigenvalue weighted by atomic mass is 10.1. The first-order chi connectivity index (χ1) is 11.9. The van der Waals surface area contributed by atoms with Gasteiger partial charge in [-0.1, -0.05) is 0 Å². The van der Waals surface area contributed by atoms with Gasteiger partial charge in [-0.3, -0.25) is 9.59 Å². The number of nitrogens with zero attached hydrogens (tertiary/aromatic N) is 1. The molecule has 2 aliphatic rings. The van der Waals surface area contributed by atoms with Gasteiger partial charge in [-0.25, -0.2) is 4.79 Å². The third-order valence-electron chi connectivity index (χ3n) is 4.77. The Morgan fingerprint density at radius 1 is 1.40 bits per heavy atom. The van der Waals surface area contributed by atoms with E-state index in [9.17, 15) is 14.4 Å². The van der Waals surface area contributed by atoms with Crippen molar-refractivity contribution in [2.45, 2.75) is 44.2 Å². The molecule has 1 aromatic rings. The average molecular weight is 363 g/mol. The van der Waals surface area contributed by atoms with Gasteiger partial charge in [-0.15, -0.1) is 11.8 Å². The Labute approximate surface area is 150 Å². The predicted molar refractivity (Wildman–Crippen MR) is 93.5 cm³/mol. The molecule has 6 nitrogen and oxygen atoms in total. The molecule has 2 aliphatic heterocycles. The van der Waals surface area contributed by atoms with Crippen LogP contribution in [0.3, 0.4) is 0 Å². The molecule has 1 aromatic carbocycles. The molecule has 2 atom stereocenters. The number of hydrogen-bond acceptors (Lipinski definition) is 6. The summed E-state index contributed by atoms with van der Waals surface area (Å²) in [6, 6.07) is 4.48. The van der Waals surface area contributed by atoms with Crippen LogP contribution in [0.4, 0.5) is 0 Å². The minimum absolute atomic E-state index is 0.00301. The zero-order valence-corrected chi connectivity index (χ0v) is 15.4. The van der Waals surface area contributed by atoms with E-state index in [1.54, 1.807) is 34.9 Å². The number of thioether (sulfide) groups is 1. The predicted octanol–water partition coefficient (Wildman–Crippen LogP) is 2.40. The maximum Gasteiger partial charge on any atom is 0.330 e. The van der Waals surface area contributed by atoms with Crippen molar-refractivity contribution < 1.29 is 23.9 Å². The second-order valence-corrected chi connectivity index (χ2v) is 7.96. The largest absolute Gasteiger partial charge is 0.496 e. The highest BCUT2D eigenvalue weighted by molar-refractivity contribution is 8.01. The van der Waals surface area contributed by atoms with Crippen molar-refractivity contribution in [2.24, 2.45) is 0 Å². The molecule has 0 bridgehead atoms. The second kappa shape index (κ2) is 6.71. The lowest BCUT2D eigenvalue weighted by molar-refractivity contribution is -0.154. The van der Waals surface area contributed by atoms with E-state index < -0.39 is 12.0 Å². The van der Waals surface area contributed by atoms with Crippen LogP contribution < -0.4 is 4.74 Å². The Bertz CT molecular complexity index is 734. The Hall–Kier alpha value is -2.02. The van der Waals surface area contributed by atoms with Gasteiger partial charge in [0.05, 0.1) is 12.0 Å². The fourth-order valence-corrected chi connectivity index (χ4v) is 4.77. The molecular formula is C18H21NO5S. The summed E-state index contributed by atoms with van der Waals surface area (Å²) >= 11 is 1.63. The average Bonchev–Trinajstić information content (AvgIpc) is 3.08. The van der Waals surface area contributed by atoms with Gasteiger partial charge in [0.1, 0.15) is 18.4 Å². The zero-order valence-electron chi connectivity index (χ0n) is 14.5. The molecule has 0 unspecified atom stereocenters. The van der Waals surface area contributed by atoms with Crippen molar-refractivity contribution in [1.29, 1.82) is 0 Å². The van der Waals surface area contributed by atoms with Crippen molar-refractivity contribution >= 4 is 29.4 Å². The van der Waals surface area contributed by atoms with Crippen LogP contribution in [0.1, 0.15) is 42.6 Å². The number of fused-ring (bicyclic) bond motifs is 1. The van der Waals surface area contributed by atoms with Crippen molar-refractivity contribution in [2.75, 3.05) is 12.9 Å². The number of esters is 1. The SMILES string of the molecule is COc1ccc(C(C)=O)cc1COC(=O)[C@@H]1CS[C@]2(C)CCC(=O)N12. The molecule has 2 heterocycles. The summed E-state index contributed by atoms with van der Waals surface area (Å²) in [4.78, 5) is 37.6. The number of benzene rings is 1. The molecule has 0 N–H and O–H groups in total. The van der Waals surface area contributed by atoms with Gasteiger partial charge in [0.2, 0.25) is 5.91 Å². The molecule has 25 heavy (non-hydrogen) atoms. The number of rotatable bonds is 5. The summed E-state index contributed by atoms with van der Waals surface area (Å²) in [7, 11) is 1.52. The minimum Gasteiger partial charge on any atom is -0.496 e. The van der Waals surface area contributed by atoms with Gasteiger partial charge in [0.25, 0.3) is 0 Å². The van der Waals surface area contributed by atoms with Crippen LogP contribution >= 0.6 is 11.8 Å². The fourth-order valence-electron chi connectivity index (χ4n) is 3.35. The summed E-state index contributed by atoms with van der Waals surface area (Å²) in [6.45, 7) is 3.48. The van der Waals surface area contributed by atoms with Gasteiger partial charge in [0.15, 0.2) is 5.78 Å². The highest BCUT2D eigenvalue weighted by Gasteiger charge is 2.53. The van der Waals surface area contributed by atoms with Crippen LogP contribution in [-0.4, -0.2) is 46.3 Å². The van der Waals surface area contributed by atoms with Crippen LogP contribution in [0.5, 0.6) is 5.75 Å². The van der Waals surface area contributed by atoms with Crippen molar-refractivity contribution in [3.63, 3.8) is 0 Å². The normalized spacial score (nSPS) is 25.0. The van der Waals surface area contributed by atoms with E-state index >= 15 is 0 Å². The third-order valence-corrected chi connectivity index (χ3v) is 6.28. The molecule has 0 spiro atoms. The first-order valence-corrected chi connectivity index (χ1v) is 9.15. The summed E-state index contributed by atoms with van der Waals surface area (Å²) < 4.78 is 10.7. The van der Waals surface area contributed by atoms with E-state index in [4.69, 9.17) is 9.47 Å². The van der Waals surface area contributed by atoms with Crippen LogP contribution in [-0.2, 0) is 20.9 Å². The van der Waals surface area contributed by atoms with E-state index in [0.717, 1.165) is 6.42 Å². The monoisotopic (exact) mass is 363 g/mol. The second-order valence-electron chi connectivity index (χ2n) is 6.46. The maximum absolute atomic E-state index is 12.5. The van der Waals surface area contributed by atoms with Crippen LogP contribution in [0.15, 0.2) is 18.2 Å². The van der Waals surface area contributed by atoms with Gasteiger partial charge in [0, 0.05) is 23.3 Å². The molecule has 0 aliphatic carbocycles. The fraction of sp³-hybridized carbons (Fsp3) is 0.500. The van der Waals surface area contributed by atoms with E-state index in [1.165, 1.54) is 14.0 Å². The topological polar surface area (TPSA) is 72.9 Å². The number of carbonyl (C=O) groups is 3. The van der Waals surface area contributed by atoms with Gasteiger partial charge >= 0.3 is 5.97 Å². The summed E-state index contributed by atoms with van der Waals surface area (Å²) in [5.41, 5.74) is 1.16. The number of ether oxygens (including phenoxy) is 2. The quantitative estimate of drug-likeness (QED) is 0.591. The molecule has 3 rings (SSSR count). The molecule has 0 aromatic heterocycles. The number of amides is 1. The Balaban J connectivity index is 1.72. The minimum atomic E-state index is -0.549. The van der Waals surface area contributed by atoms with E-state index in [2.05, 4.69) is 0 Å². The summed E-state index contributed by atoms with van der Waals surface area (Å²) in [5, 5.41) is 0.